The summed E-state index contributed by atoms with van der Waals surface area (Å²) in [6.45, 7) is 2.20. The Bertz CT molecular complexity index is 563. The lowest BCUT2D eigenvalue weighted by Gasteiger charge is -2.29. The Labute approximate surface area is 128 Å². The summed E-state index contributed by atoms with van der Waals surface area (Å²) < 4.78 is 25.6. The van der Waals surface area contributed by atoms with Crippen LogP contribution in [0.4, 0.5) is 5.69 Å². The van der Waals surface area contributed by atoms with Crippen LogP contribution in [0.1, 0.15) is 39.0 Å². The molecule has 1 saturated carbocycles. The van der Waals surface area contributed by atoms with Gasteiger partial charge >= 0.3 is 0 Å². The number of hydrogen-bond donors (Lipinski definition) is 1. The summed E-state index contributed by atoms with van der Waals surface area (Å²) in [6.07, 6.45) is 6.50. The molecule has 1 unspecified atom stereocenters. The number of anilines is 1. The third-order valence-electron chi connectivity index (χ3n) is 4.36. The van der Waals surface area contributed by atoms with Crippen molar-refractivity contribution in [2.45, 2.75) is 50.0 Å². The van der Waals surface area contributed by atoms with Crippen molar-refractivity contribution in [1.82, 2.24) is 4.31 Å². The molecule has 0 aromatic heterocycles. The zero-order valence-electron chi connectivity index (χ0n) is 13.2. The van der Waals surface area contributed by atoms with E-state index in [1.165, 1.54) is 36.4 Å². The molecule has 5 heteroatoms. The highest BCUT2D eigenvalue weighted by Crippen LogP contribution is 2.28. The highest BCUT2D eigenvalue weighted by atomic mass is 32.2. The quantitative estimate of drug-likeness (QED) is 0.907. The van der Waals surface area contributed by atoms with E-state index < -0.39 is 10.0 Å². The maximum Gasteiger partial charge on any atom is 0.242 e. The minimum atomic E-state index is -3.37. The van der Waals surface area contributed by atoms with Crippen LogP contribution in [0.25, 0.3) is 0 Å². The van der Waals surface area contributed by atoms with Crippen LogP contribution in [-0.4, -0.2) is 32.9 Å². The molecule has 1 fully saturated rings. The van der Waals surface area contributed by atoms with Crippen molar-refractivity contribution in [3.63, 3.8) is 0 Å². The minimum absolute atomic E-state index is 0.341. The first-order valence-electron chi connectivity index (χ1n) is 7.70. The summed E-state index contributed by atoms with van der Waals surface area (Å²) >= 11 is 0. The molecule has 1 aromatic rings. The van der Waals surface area contributed by atoms with Crippen molar-refractivity contribution in [3.05, 3.63) is 24.3 Å². The van der Waals surface area contributed by atoms with Crippen LogP contribution < -0.4 is 5.32 Å². The summed E-state index contributed by atoms with van der Waals surface area (Å²) in [5, 5.41) is 3.48. The Hall–Kier alpha value is -1.07. The zero-order chi connectivity index (χ0) is 15.5. The van der Waals surface area contributed by atoms with Crippen LogP contribution in [-0.2, 0) is 10.0 Å². The van der Waals surface area contributed by atoms with Gasteiger partial charge in [-0.3, -0.25) is 0 Å². The SMILES string of the molecule is CC(Nc1cccc(S(=O)(=O)N(C)C)c1)C1CCCCC1. The molecule has 4 nitrogen and oxygen atoms in total. The van der Waals surface area contributed by atoms with Crippen LogP contribution in [0, 0.1) is 5.92 Å². The number of hydrogen-bond acceptors (Lipinski definition) is 3. The first-order valence-corrected chi connectivity index (χ1v) is 9.14. The molecule has 1 atom stereocenters. The van der Waals surface area contributed by atoms with Crippen LogP contribution in [0.3, 0.4) is 0 Å². The molecule has 1 N–H and O–H groups in total. The van der Waals surface area contributed by atoms with Gasteiger partial charge in [0.05, 0.1) is 4.90 Å². The predicted octanol–water partition coefficient (Wildman–Crippen LogP) is 3.32. The third kappa shape index (κ3) is 3.98. The predicted molar refractivity (Wildman–Crippen MR) is 87.0 cm³/mol. The van der Waals surface area contributed by atoms with Crippen molar-refractivity contribution in [2.24, 2.45) is 5.92 Å². The van der Waals surface area contributed by atoms with E-state index >= 15 is 0 Å². The molecular formula is C16H26N2O2S. The normalized spacial score (nSPS) is 18.7. The molecule has 0 radical (unpaired) electrons. The van der Waals surface area contributed by atoms with Crippen molar-refractivity contribution >= 4 is 15.7 Å². The fourth-order valence-corrected chi connectivity index (χ4v) is 3.92. The molecule has 118 valence electrons. The van der Waals surface area contributed by atoms with Gasteiger partial charge in [0.2, 0.25) is 10.0 Å². The Kier molecular flexibility index (Phi) is 5.27. The number of benzene rings is 1. The Balaban J connectivity index is 2.11. The zero-order valence-corrected chi connectivity index (χ0v) is 14.0. The Morgan fingerprint density at radius 1 is 1.19 bits per heavy atom. The Morgan fingerprint density at radius 3 is 2.48 bits per heavy atom. The lowest BCUT2D eigenvalue weighted by molar-refractivity contribution is 0.328. The molecule has 0 saturated heterocycles. The maximum atomic E-state index is 12.2. The van der Waals surface area contributed by atoms with Gasteiger partial charge in [0.1, 0.15) is 0 Å². The molecule has 0 amide bonds. The molecule has 21 heavy (non-hydrogen) atoms. The minimum Gasteiger partial charge on any atom is -0.382 e. The van der Waals surface area contributed by atoms with Gasteiger partial charge in [-0.1, -0.05) is 25.3 Å². The smallest absolute Gasteiger partial charge is 0.242 e. The van der Waals surface area contributed by atoms with Gasteiger partial charge in [0, 0.05) is 25.8 Å². The molecule has 0 bridgehead atoms. The third-order valence-corrected chi connectivity index (χ3v) is 6.17. The van der Waals surface area contributed by atoms with E-state index in [1.807, 2.05) is 6.07 Å². The molecule has 1 aromatic carbocycles. The van der Waals surface area contributed by atoms with Crippen LogP contribution in [0.5, 0.6) is 0 Å². The molecule has 0 spiro atoms. The lowest BCUT2D eigenvalue weighted by atomic mass is 9.84. The fraction of sp³-hybridized carbons (Fsp3) is 0.625. The largest absolute Gasteiger partial charge is 0.382 e. The first kappa shape index (κ1) is 16.3. The van der Waals surface area contributed by atoms with E-state index in [-0.39, 0.29) is 0 Å². The monoisotopic (exact) mass is 310 g/mol. The van der Waals surface area contributed by atoms with Crippen molar-refractivity contribution in [1.29, 1.82) is 0 Å². The summed E-state index contributed by atoms with van der Waals surface area (Å²) in [7, 11) is -0.255. The van der Waals surface area contributed by atoms with Gasteiger partial charge in [-0.2, -0.15) is 0 Å². The van der Waals surface area contributed by atoms with Crippen molar-refractivity contribution < 1.29 is 8.42 Å². The maximum absolute atomic E-state index is 12.2. The average Bonchev–Trinajstić information content (AvgIpc) is 2.48. The molecule has 1 aliphatic carbocycles. The molecule has 1 aliphatic rings. The van der Waals surface area contributed by atoms with E-state index in [0.29, 0.717) is 16.9 Å². The molecule has 0 aliphatic heterocycles. The van der Waals surface area contributed by atoms with Gasteiger partial charge in [0.15, 0.2) is 0 Å². The summed E-state index contributed by atoms with van der Waals surface area (Å²) in [4.78, 5) is 0.341. The Morgan fingerprint density at radius 2 is 1.86 bits per heavy atom. The van der Waals surface area contributed by atoms with Gasteiger partial charge in [-0.05, 0) is 43.9 Å². The van der Waals surface area contributed by atoms with E-state index in [2.05, 4.69) is 12.2 Å². The topological polar surface area (TPSA) is 49.4 Å². The highest BCUT2D eigenvalue weighted by Gasteiger charge is 2.21. The number of sulfonamides is 1. The number of rotatable bonds is 5. The fourth-order valence-electron chi connectivity index (χ4n) is 2.97. The van der Waals surface area contributed by atoms with Crippen molar-refractivity contribution in [2.75, 3.05) is 19.4 Å². The lowest BCUT2D eigenvalue weighted by Crippen LogP contribution is -2.28. The number of nitrogens with zero attached hydrogens (tertiary/aromatic N) is 1. The summed E-state index contributed by atoms with van der Waals surface area (Å²) in [5.41, 5.74) is 0.885. The van der Waals surface area contributed by atoms with E-state index in [1.54, 1.807) is 32.3 Å². The van der Waals surface area contributed by atoms with Crippen LogP contribution in [0.15, 0.2) is 29.2 Å². The second kappa shape index (κ2) is 6.79. The van der Waals surface area contributed by atoms with Gasteiger partial charge < -0.3 is 5.32 Å². The molecular weight excluding hydrogens is 284 g/mol. The molecule has 0 heterocycles. The highest BCUT2D eigenvalue weighted by molar-refractivity contribution is 7.89. The number of nitrogens with one attached hydrogen (secondary N) is 1. The van der Waals surface area contributed by atoms with E-state index in [9.17, 15) is 8.42 Å². The van der Waals surface area contributed by atoms with Gasteiger partial charge in [0.25, 0.3) is 0 Å². The van der Waals surface area contributed by atoms with E-state index in [0.717, 1.165) is 5.69 Å². The summed E-state index contributed by atoms with van der Waals surface area (Å²) in [5.74, 6) is 0.688. The standard InChI is InChI=1S/C16H26N2O2S/c1-13(14-8-5-4-6-9-14)17-15-10-7-11-16(12-15)21(19,20)18(2)3/h7,10-14,17H,4-6,8-9H2,1-3H3. The van der Waals surface area contributed by atoms with Gasteiger partial charge in [-0.15, -0.1) is 0 Å². The summed E-state index contributed by atoms with van der Waals surface area (Å²) in [6, 6.07) is 7.49. The van der Waals surface area contributed by atoms with Crippen LogP contribution in [0.2, 0.25) is 0 Å². The van der Waals surface area contributed by atoms with Crippen molar-refractivity contribution in [3.8, 4) is 0 Å². The van der Waals surface area contributed by atoms with Gasteiger partial charge in [-0.25, -0.2) is 12.7 Å². The second-order valence-electron chi connectivity index (χ2n) is 6.15. The molecule has 2 rings (SSSR count). The van der Waals surface area contributed by atoms with E-state index in [4.69, 9.17) is 0 Å². The average molecular weight is 310 g/mol. The second-order valence-corrected chi connectivity index (χ2v) is 8.30. The first-order chi connectivity index (χ1) is 9.91. The van der Waals surface area contributed by atoms with Crippen LogP contribution >= 0.6 is 0 Å².